The van der Waals surface area contributed by atoms with Crippen LogP contribution in [0.2, 0.25) is 0 Å². The number of aromatic nitrogens is 3. The van der Waals surface area contributed by atoms with Crippen molar-refractivity contribution < 1.29 is 4.74 Å². The van der Waals surface area contributed by atoms with Crippen molar-refractivity contribution in [3.63, 3.8) is 0 Å². The van der Waals surface area contributed by atoms with E-state index in [-0.39, 0.29) is 24.0 Å². The Hall–Kier alpha value is -0.900. The lowest BCUT2D eigenvalue weighted by molar-refractivity contribution is 0.138. The number of rotatable bonds is 9. The van der Waals surface area contributed by atoms with Gasteiger partial charge in [-0.25, -0.2) is 4.99 Å². The second-order valence-electron chi connectivity index (χ2n) is 6.53. The third-order valence-corrected chi connectivity index (χ3v) is 4.89. The van der Waals surface area contributed by atoms with Crippen LogP contribution in [-0.2, 0) is 17.8 Å². The molecule has 7 nitrogen and oxygen atoms in total. The first-order valence-corrected chi connectivity index (χ1v) is 9.11. The molecular formula is C17H33IN6O. The third-order valence-electron chi connectivity index (χ3n) is 4.89. The summed E-state index contributed by atoms with van der Waals surface area (Å²) in [5.74, 6) is 1.75. The van der Waals surface area contributed by atoms with Crippen molar-refractivity contribution in [2.24, 2.45) is 10.4 Å². The SMILES string of the molecule is CCNC(=NCc1nncn1CC)NCC1(CCOC)CCCC1.I. The van der Waals surface area contributed by atoms with Gasteiger partial charge in [0, 0.05) is 33.4 Å². The Labute approximate surface area is 168 Å². The summed E-state index contributed by atoms with van der Waals surface area (Å²) in [6, 6.07) is 0. The molecule has 8 heteroatoms. The van der Waals surface area contributed by atoms with Crippen molar-refractivity contribution in [2.75, 3.05) is 26.8 Å². The second-order valence-corrected chi connectivity index (χ2v) is 6.53. The van der Waals surface area contributed by atoms with E-state index in [2.05, 4.69) is 39.7 Å². The highest BCUT2D eigenvalue weighted by Gasteiger charge is 2.33. The van der Waals surface area contributed by atoms with Gasteiger partial charge in [0.05, 0.1) is 0 Å². The predicted molar refractivity (Wildman–Crippen MR) is 111 cm³/mol. The summed E-state index contributed by atoms with van der Waals surface area (Å²) in [6.45, 7) is 8.19. The molecule has 0 radical (unpaired) electrons. The van der Waals surface area contributed by atoms with Gasteiger partial charge in [-0.3, -0.25) is 0 Å². The third kappa shape index (κ3) is 6.73. The highest BCUT2D eigenvalue weighted by Crippen LogP contribution is 2.40. The Morgan fingerprint density at radius 3 is 2.72 bits per heavy atom. The number of methoxy groups -OCH3 is 1. The monoisotopic (exact) mass is 464 g/mol. The number of ether oxygens (including phenoxy) is 1. The lowest BCUT2D eigenvalue weighted by Gasteiger charge is -2.30. The van der Waals surface area contributed by atoms with Gasteiger partial charge < -0.3 is 19.9 Å². The lowest BCUT2D eigenvalue weighted by atomic mass is 9.83. The Morgan fingerprint density at radius 1 is 1.32 bits per heavy atom. The van der Waals surface area contributed by atoms with Gasteiger partial charge in [0.1, 0.15) is 12.9 Å². The van der Waals surface area contributed by atoms with Crippen LogP contribution in [0.15, 0.2) is 11.3 Å². The average molecular weight is 464 g/mol. The fourth-order valence-electron chi connectivity index (χ4n) is 3.39. The van der Waals surface area contributed by atoms with Crippen molar-refractivity contribution in [3.05, 3.63) is 12.2 Å². The van der Waals surface area contributed by atoms with E-state index in [1.165, 1.54) is 25.7 Å². The number of aryl methyl sites for hydroxylation is 1. The van der Waals surface area contributed by atoms with Crippen LogP contribution in [0.5, 0.6) is 0 Å². The van der Waals surface area contributed by atoms with Crippen molar-refractivity contribution in [3.8, 4) is 0 Å². The minimum atomic E-state index is 0. The van der Waals surface area contributed by atoms with Gasteiger partial charge in [0.25, 0.3) is 0 Å². The molecule has 1 fully saturated rings. The number of guanidine groups is 1. The van der Waals surface area contributed by atoms with E-state index in [1.54, 1.807) is 13.4 Å². The molecular weight excluding hydrogens is 431 g/mol. The molecule has 1 saturated carbocycles. The first kappa shape index (κ1) is 22.1. The summed E-state index contributed by atoms with van der Waals surface area (Å²) in [4.78, 5) is 4.68. The summed E-state index contributed by atoms with van der Waals surface area (Å²) in [7, 11) is 1.78. The lowest BCUT2D eigenvalue weighted by Crippen LogP contribution is -2.43. The normalized spacial score (nSPS) is 16.5. The van der Waals surface area contributed by atoms with Gasteiger partial charge in [0.2, 0.25) is 0 Å². The average Bonchev–Trinajstić information content (AvgIpc) is 3.25. The topological polar surface area (TPSA) is 76.4 Å². The quantitative estimate of drug-likeness (QED) is 0.334. The molecule has 0 aromatic carbocycles. The molecule has 1 aromatic heterocycles. The first-order valence-electron chi connectivity index (χ1n) is 9.11. The van der Waals surface area contributed by atoms with Crippen molar-refractivity contribution in [1.29, 1.82) is 0 Å². The number of aliphatic imine (C=N–C) groups is 1. The van der Waals surface area contributed by atoms with Crippen LogP contribution < -0.4 is 10.6 Å². The number of hydrogen-bond donors (Lipinski definition) is 2. The van der Waals surface area contributed by atoms with E-state index in [4.69, 9.17) is 4.74 Å². The van der Waals surface area contributed by atoms with Crippen molar-refractivity contribution in [1.82, 2.24) is 25.4 Å². The van der Waals surface area contributed by atoms with Crippen LogP contribution in [0.1, 0.15) is 51.8 Å². The molecule has 25 heavy (non-hydrogen) atoms. The maximum Gasteiger partial charge on any atom is 0.191 e. The molecule has 0 aliphatic heterocycles. The van der Waals surface area contributed by atoms with Gasteiger partial charge in [-0.2, -0.15) is 0 Å². The predicted octanol–water partition coefficient (Wildman–Crippen LogP) is 2.57. The van der Waals surface area contributed by atoms with Crippen LogP contribution in [0, 0.1) is 5.41 Å². The van der Waals surface area contributed by atoms with E-state index >= 15 is 0 Å². The maximum absolute atomic E-state index is 5.31. The molecule has 1 aliphatic carbocycles. The number of hydrogen-bond acceptors (Lipinski definition) is 4. The standard InChI is InChI=1S/C17H32N6O.HI/c1-4-18-16(19-12-15-22-21-14-23(15)5-2)20-13-17(10-11-24-3)8-6-7-9-17;/h14H,4-13H2,1-3H3,(H2,18,19,20);1H. The molecule has 0 amide bonds. The zero-order chi connectivity index (χ0) is 17.3. The van der Waals surface area contributed by atoms with Gasteiger partial charge in [0.15, 0.2) is 11.8 Å². The molecule has 1 aliphatic rings. The largest absolute Gasteiger partial charge is 0.385 e. The molecule has 0 saturated heterocycles. The summed E-state index contributed by atoms with van der Waals surface area (Å²) in [5, 5.41) is 15.0. The smallest absolute Gasteiger partial charge is 0.191 e. The summed E-state index contributed by atoms with van der Waals surface area (Å²) in [5.41, 5.74) is 0.343. The molecule has 0 atom stereocenters. The van der Waals surface area contributed by atoms with Gasteiger partial charge in [-0.15, -0.1) is 34.2 Å². The van der Waals surface area contributed by atoms with Gasteiger partial charge in [-0.1, -0.05) is 12.8 Å². The van der Waals surface area contributed by atoms with Crippen LogP contribution >= 0.6 is 24.0 Å². The highest BCUT2D eigenvalue weighted by atomic mass is 127. The van der Waals surface area contributed by atoms with Crippen LogP contribution in [0.25, 0.3) is 0 Å². The molecule has 1 heterocycles. The molecule has 2 N–H and O–H groups in total. The van der Waals surface area contributed by atoms with E-state index < -0.39 is 0 Å². The fourth-order valence-corrected chi connectivity index (χ4v) is 3.39. The molecule has 2 rings (SSSR count). The van der Waals surface area contributed by atoms with Gasteiger partial charge in [-0.05, 0) is 38.5 Å². The van der Waals surface area contributed by atoms with E-state index in [0.717, 1.165) is 44.4 Å². The van der Waals surface area contributed by atoms with Crippen LogP contribution in [0.3, 0.4) is 0 Å². The highest BCUT2D eigenvalue weighted by molar-refractivity contribution is 14.0. The zero-order valence-electron chi connectivity index (χ0n) is 15.8. The van der Waals surface area contributed by atoms with E-state index in [1.807, 2.05) is 4.57 Å². The maximum atomic E-state index is 5.31. The molecule has 1 aromatic rings. The Morgan fingerprint density at radius 2 is 2.08 bits per heavy atom. The second kappa shape index (κ2) is 11.7. The summed E-state index contributed by atoms with van der Waals surface area (Å²) < 4.78 is 7.33. The minimum absolute atomic E-state index is 0. The molecule has 0 bridgehead atoms. The zero-order valence-corrected chi connectivity index (χ0v) is 18.1. The molecule has 0 spiro atoms. The number of nitrogens with one attached hydrogen (secondary N) is 2. The van der Waals surface area contributed by atoms with Crippen LogP contribution in [-0.4, -0.2) is 47.5 Å². The fraction of sp³-hybridized carbons (Fsp3) is 0.824. The van der Waals surface area contributed by atoms with Gasteiger partial charge >= 0.3 is 0 Å². The molecule has 144 valence electrons. The van der Waals surface area contributed by atoms with Crippen molar-refractivity contribution in [2.45, 2.75) is 59.0 Å². The summed E-state index contributed by atoms with van der Waals surface area (Å²) in [6.07, 6.45) is 8.04. The Balaban J connectivity index is 0.00000312. The number of nitrogens with zero attached hydrogens (tertiary/aromatic N) is 4. The minimum Gasteiger partial charge on any atom is -0.385 e. The molecule has 0 unspecified atom stereocenters. The van der Waals surface area contributed by atoms with E-state index in [9.17, 15) is 0 Å². The van der Waals surface area contributed by atoms with E-state index in [0.29, 0.717) is 12.0 Å². The Kier molecular flexibility index (Phi) is 10.3. The van der Waals surface area contributed by atoms with Crippen LogP contribution in [0.4, 0.5) is 0 Å². The van der Waals surface area contributed by atoms with Crippen molar-refractivity contribution >= 4 is 29.9 Å². The summed E-state index contributed by atoms with van der Waals surface area (Å²) >= 11 is 0. The number of halogens is 1. The Bertz CT molecular complexity index is 513. The first-order chi connectivity index (χ1) is 11.7.